The van der Waals surface area contributed by atoms with Gasteiger partial charge in [-0.2, -0.15) is 13.2 Å². The molecule has 0 spiro atoms. The van der Waals surface area contributed by atoms with Crippen molar-refractivity contribution in [3.8, 4) is 0 Å². The van der Waals surface area contributed by atoms with Gasteiger partial charge in [-0.25, -0.2) is 4.79 Å². The zero-order valence-corrected chi connectivity index (χ0v) is 27.8. The van der Waals surface area contributed by atoms with Crippen LogP contribution in [0.2, 0.25) is 0 Å². The Morgan fingerprint density at radius 1 is 1.17 bits per heavy atom. The summed E-state index contributed by atoms with van der Waals surface area (Å²) in [6.45, 7) is 5.69. The predicted octanol–water partition coefficient (Wildman–Crippen LogP) is 2.61. The van der Waals surface area contributed by atoms with Gasteiger partial charge in [-0.05, 0) is 45.1 Å². The summed E-state index contributed by atoms with van der Waals surface area (Å²) >= 11 is 0. The normalized spacial score (nSPS) is 27.1. The van der Waals surface area contributed by atoms with Gasteiger partial charge in [0, 0.05) is 25.0 Å². The van der Waals surface area contributed by atoms with E-state index >= 15 is 0 Å². The average Bonchev–Trinajstić information content (AvgIpc) is 3.50. The summed E-state index contributed by atoms with van der Waals surface area (Å²) in [5.74, 6) is -6.45. The fourth-order valence-corrected chi connectivity index (χ4v) is 6.45. The van der Waals surface area contributed by atoms with Crippen LogP contribution in [0.1, 0.15) is 65.4 Å². The van der Waals surface area contributed by atoms with Crippen LogP contribution in [-0.2, 0) is 43.7 Å². The molecule has 4 N–H and O–H groups in total. The molecule has 2 fully saturated rings. The number of ether oxygens (including phenoxy) is 4. The highest BCUT2D eigenvalue weighted by atomic mass is 19.4. The maximum Gasteiger partial charge on any atom is 0.432 e. The number of esters is 2. The molecule has 2 aliphatic rings. The number of Topliss-reactive ketones (excluding diaryl/α,β-unsaturated/α-hetero) is 1. The molecular formula is C33H44F3NO11. The van der Waals surface area contributed by atoms with Crippen molar-refractivity contribution in [3.63, 3.8) is 0 Å². The van der Waals surface area contributed by atoms with E-state index in [1.165, 1.54) is 45.0 Å². The van der Waals surface area contributed by atoms with Gasteiger partial charge in [-0.1, -0.05) is 50.3 Å². The molecule has 268 valence electrons. The second-order valence-electron chi connectivity index (χ2n) is 12.6. The molecule has 8 atom stereocenters. The minimum absolute atomic E-state index is 0.000896. The SMILES string of the molecule is CCC(/C=C(\C)[C@@H](OC(=O)C(OC)(c1ccccc1)C(F)(F)F)[C@@](C)(O)CCCC(C)C(=O)[C@@]1(O)C(=O)N[C@]2(O)CCO[C@H]12)C(=O)OC. The highest BCUT2D eigenvalue weighted by molar-refractivity contribution is 6.12. The highest BCUT2D eigenvalue weighted by Gasteiger charge is 2.69. The first-order valence-corrected chi connectivity index (χ1v) is 15.6. The maximum absolute atomic E-state index is 14.7. The summed E-state index contributed by atoms with van der Waals surface area (Å²) in [6.07, 6.45) is -7.33. The van der Waals surface area contributed by atoms with Crippen molar-refractivity contribution in [1.29, 1.82) is 0 Å². The van der Waals surface area contributed by atoms with Crippen LogP contribution in [0.4, 0.5) is 13.2 Å². The van der Waals surface area contributed by atoms with Crippen LogP contribution < -0.4 is 5.32 Å². The van der Waals surface area contributed by atoms with Crippen LogP contribution in [0.25, 0.3) is 0 Å². The Bertz CT molecular complexity index is 1380. The Hall–Kier alpha value is -3.37. The van der Waals surface area contributed by atoms with Crippen molar-refractivity contribution in [2.24, 2.45) is 11.8 Å². The average molecular weight is 688 g/mol. The third-order valence-corrected chi connectivity index (χ3v) is 9.18. The van der Waals surface area contributed by atoms with Gasteiger partial charge in [-0.15, -0.1) is 0 Å². The number of hydrogen-bond donors (Lipinski definition) is 4. The molecular weight excluding hydrogens is 643 g/mol. The topological polar surface area (TPSA) is 178 Å². The van der Waals surface area contributed by atoms with Crippen LogP contribution in [-0.4, -0.2) is 95.1 Å². The molecule has 3 unspecified atom stereocenters. The van der Waals surface area contributed by atoms with Crippen molar-refractivity contribution in [3.05, 3.63) is 47.5 Å². The van der Waals surface area contributed by atoms with E-state index in [4.69, 9.17) is 18.9 Å². The van der Waals surface area contributed by atoms with Crippen molar-refractivity contribution < 1.29 is 66.6 Å². The molecule has 1 amide bonds. The van der Waals surface area contributed by atoms with Crippen molar-refractivity contribution in [2.75, 3.05) is 20.8 Å². The first-order valence-electron chi connectivity index (χ1n) is 15.6. The van der Waals surface area contributed by atoms with E-state index in [2.05, 4.69) is 5.32 Å². The Kier molecular flexibility index (Phi) is 11.9. The molecule has 0 aliphatic carbocycles. The number of aliphatic hydroxyl groups is 3. The van der Waals surface area contributed by atoms with E-state index in [0.29, 0.717) is 7.11 Å². The minimum atomic E-state index is -5.30. The van der Waals surface area contributed by atoms with Gasteiger partial charge in [0.15, 0.2) is 17.6 Å². The number of nitrogens with one attached hydrogen (secondary N) is 1. The Morgan fingerprint density at radius 3 is 2.33 bits per heavy atom. The number of halogens is 3. The van der Waals surface area contributed by atoms with Crippen LogP contribution in [0, 0.1) is 11.8 Å². The van der Waals surface area contributed by atoms with E-state index in [-0.39, 0.29) is 44.3 Å². The molecule has 0 aromatic heterocycles. The number of amides is 1. The molecule has 3 rings (SSSR count). The zero-order valence-electron chi connectivity index (χ0n) is 27.8. The lowest BCUT2D eigenvalue weighted by molar-refractivity contribution is -0.280. The molecule has 48 heavy (non-hydrogen) atoms. The van der Waals surface area contributed by atoms with E-state index in [9.17, 15) is 47.7 Å². The minimum Gasteiger partial charge on any atom is -0.469 e. The van der Waals surface area contributed by atoms with Crippen LogP contribution in [0.3, 0.4) is 0 Å². The molecule has 0 radical (unpaired) electrons. The second kappa shape index (κ2) is 14.6. The second-order valence-corrected chi connectivity index (χ2v) is 12.6. The smallest absolute Gasteiger partial charge is 0.432 e. The number of benzene rings is 1. The molecule has 0 bridgehead atoms. The number of methoxy groups -OCH3 is 2. The fraction of sp³-hybridized carbons (Fsp3) is 0.636. The summed E-state index contributed by atoms with van der Waals surface area (Å²) in [4.78, 5) is 51.9. The van der Waals surface area contributed by atoms with Gasteiger partial charge in [0.1, 0.15) is 11.7 Å². The first-order chi connectivity index (χ1) is 22.3. The van der Waals surface area contributed by atoms with E-state index in [1.54, 1.807) is 6.92 Å². The summed E-state index contributed by atoms with van der Waals surface area (Å²) in [7, 11) is 1.86. The third-order valence-electron chi connectivity index (χ3n) is 9.18. The molecule has 2 aliphatic heterocycles. The molecule has 0 saturated carbocycles. The first kappa shape index (κ1) is 39.1. The van der Waals surface area contributed by atoms with Gasteiger partial charge in [0.25, 0.3) is 11.5 Å². The molecule has 12 nitrogen and oxygen atoms in total. The van der Waals surface area contributed by atoms with Crippen molar-refractivity contribution in [2.45, 2.75) is 101 Å². The molecule has 1 aromatic carbocycles. The largest absolute Gasteiger partial charge is 0.469 e. The number of hydrogen-bond acceptors (Lipinski definition) is 11. The fourth-order valence-electron chi connectivity index (χ4n) is 6.45. The number of fused-ring (bicyclic) bond motifs is 1. The van der Waals surface area contributed by atoms with Gasteiger partial charge in [0.05, 0.1) is 19.6 Å². The number of carbonyl (C=O) groups excluding carboxylic acids is 4. The van der Waals surface area contributed by atoms with Crippen molar-refractivity contribution >= 4 is 23.6 Å². The standard InChI is InChI=1S/C33H44F3NO11/c1-7-21(25(39)45-5)18-20(3)24(48-28(41)32(46-6,33(34,35)36)22-13-9-8-10-14-22)29(4,42)15-11-12-19(2)23(38)31(44)26-30(43,16-17-47-26)37-27(31)40/h8-10,13-14,18-19,21,24,26,42-44H,7,11-12,15-17H2,1-6H3,(H,37,40)/b20-18+/t19?,21?,24-,26+,29+,30+,31+,32?/m1/s1. The predicted molar refractivity (Wildman–Crippen MR) is 162 cm³/mol. The van der Waals surface area contributed by atoms with E-state index in [0.717, 1.165) is 19.2 Å². The number of carbonyl (C=O) groups is 4. The summed E-state index contributed by atoms with van der Waals surface area (Å²) in [6, 6.07) is 6.13. The van der Waals surface area contributed by atoms with Gasteiger partial charge in [0.2, 0.25) is 5.60 Å². The molecule has 2 saturated heterocycles. The lowest BCUT2D eigenvalue weighted by Crippen LogP contribution is -2.56. The maximum atomic E-state index is 14.7. The van der Waals surface area contributed by atoms with E-state index < -0.39 is 81.9 Å². The molecule has 1 aromatic rings. The summed E-state index contributed by atoms with van der Waals surface area (Å²) < 4.78 is 64.5. The highest BCUT2D eigenvalue weighted by Crippen LogP contribution is 2.44. The lowest BCUT2D eigenvalue weighted by Gasteiger charge is -2.38. The monoisotopic (exact) mass is 687 g/mol. The Labute approximate surface area is 276 Å². The van der Waals surface area contributed by atoms with Gasteiger partial charge < -0.3 is 39.6 Å². The van der Waals surface area contributed by atoms with Gasteiger partial charge in [-0.3, -0.25) is 14.4 Å². The Balaban J connectivity index is 1.91. The van der Waals surface area contributed by atoms with Gasteiger partial charge >= 0.3 is 18.1 Å². The van der Waals surface area contributed by atoms with Crippen LogP contribution in [0.15, 0.2) is 42.0 Å². The number of alkyl halides is 3. The lowest BCUT2D eigenvalue weighted by atomic mass is 9.80. The zero-order chi connectivity index (χ0) is 36.3. The molecule has 15 heteroatoms. The third kappa shape index (κ3) is 7.15. The van der Waals surface area contributed by atoms with Crippen molar-refractivity contribution in [1.82, 2.24) is 5.32 Å². The quantitative estimate of drug-likeness (QED) is 0.121. The van der Waals surface area contributed by atoms with E-state index in [1.807, 2.05) is 0 Å². The molecule has 2 heterocycles. The van der Waals surface area contributed by atoms with Crippen LogP contribution in [0.5, 0.6) is 0 Å². The summed E-state index contributed by atoms with van der Waals surface area (Å²) in [5.41, 5.74) is -10.7. The number of rotatable bonds is 15. The van der Waals surface area contributed by atoms with Crippen LogP contribution >= 0.6 is 0 Å². The Morgan fingerprint density at radius 2 is 1.79 bits per heavy atom. The summed E-state index contributed by atoms with van der Waals surface area (Å²) in [5, 5.41) is 35.6. The number of ketones is 1.